The molecule has 96 valence electrons. The van der Waals surface area contributed by atoms with Crippen molar-refractivity contribution in [1.82, 2.24) is 4.90 Å². The zero-order valence-electron chi connectivity index (χ0n) is 10.5. The Morgan fingerprint density at radius 2 is 2.06 bits per heavy atom. The van der Waals surface area contributed by atoms with Crippen LogP contribution < -0.4 is 0 Å². The molecule has 4 heteroatoms. The molecule has 1 heterocycles. The molecule has 4 nitrogen and oxygen atoms in total. The normalized spacial score (nSPS) is 23.6. The molecule has 1 aliphatic heterocycles. The Kier molecular flexibility index (Phi) is 5.69. The van der Waals surface area contributed by atoms with Gasteiger partial charge in [0.05, 0.1) is 19.3 Å². The summed E-state index contributed by atoms with van der Waals surface area (Å²) in [5, 5.41) is 18.5. The fraction of sp³-hybridized carbons (Fsp3) is 1.00. The first kappa shape index (κ1) is 13.9. The number of aliphatic hydroxyl groups excluding tert-OH is 2. The number of hydrogen-bond acceptors (Lipinski definition) is 4. The van der Waals surface area contributed by atoms with Crippen LogP contribution >= 0.6 is 0 Å². The van der Waals surface area contributed by atoms with Crippen molar-refractivity contribution in [2.75, 3.05) is 39.5 Å². The zero-order valence-corrected chi connectivity index (χ0v) is 10.5. The van der Waals surface area contributed by atoms with Gasteiger partial charge >= 0.3 is 0 Å². The topological polar surface area (TPSA) is 52.9 Å². The number of piperidine rings is 1. The molecule has 0 aliphatic carbocycles. The maximum absolute atomic E-state index is 9.27. The Morgan fingerprint density at radius 3 is 2.62 bits per heavy atom. The van der Waals surface area contributed by atoms with Gasteiger partial charge < -0.3 is 19.8 Å². The van der Waals surface area contributed by atoms with E-state index in [4.69, 9.17) is 4.74 Å². The molecular formula is C12H25NO3. The summed E-state index contributed by atoms with van der Waals surface area (Å²) >= 11 is 0. The lowest BCUT2D eigenvalue weighted by Gasteiger charge is -2.37. The fourth-order valence-corrected chi connectivity index (χ4v) is 2.22. The third-order valence-corrected chi connectivity index (χ3v) is 3.23. The predicted molar refractivity (Wildman–Crippen MR) is 63.4 cm³/mol. The highest BCUT2D eigenvalue weighted by atomic mass is 16.5. The Labute approximate surface area is 98.2 Å². The van der Waals surface area contributed by atoms with Crippen LogP contribution in [0.25, 0.3) is 0 Å². The lowest BCUT2D eigenvalue weighted by atomic mass is 9.91. The highest BCUT2D eigenvalue weighted by molar-refractivity contribution is 4.81. The molecule has 0 saturated carbocycles. The monoisotopic (exact) mass is 231 g/mol. The Bertz CT molecular complexity index is 193. The third-order valence-electron chi connectivity index (χ3n) is 3.23. The summed E-state index contributed by atoms with van der Waals surface area (Å²) in [6, 6.07) is 0. The Balaban J connectivity index is 2.41. The van der Waals surface area contributed by atoms with Gasteiger partial charge in [0, 0.05) is 25.1 Å². The second-order valence-corrected chi connectivity index (χ2v) is 5.08. The molecule has 0 aromatic rings. The average molecular weight is 231 g/mol. The fourth-order valence-electron chi connectivity index (χ4n) is 2.22. The Morgan fingerprint density at radius 1 is 1.38 bits per heavy atom. The molecule has 1 fully saturated rings. The highest BCUT2D eigenvalue weighted by Gasteiger charge is 2.28. The van der Waals surface area contributed by atoms with Gasteiger partial charge in [-0.05, 0) is 26.3 Å². The third kappa shape index (κ3) is 4.01. The number of rotatable bonds is 6. The van der Waals surface area contributed by atoms with Crippen molar-refractivity contribution in [3.63, 3.8) is 0 Å². The highest BCUT2D eigenvalue weighted by Crippen LogP contribution is 2.20. The summed E-state index contributed by atoms with van der Waals surface area (Å²) in [6.07, 6.45) is 2.58. The minimum absolute atomic E-state index is 0.0271. The van der Waals surface area contributed by atoms with E-state index in [9.17, 15) is 10.2 Å². The van der Waals surface area contributed by atoms with Crippen molar-refractivity contribution in [2.45, 2.75) is 32.8 Å². The molecule has 0 bridgehead atoms. The van der Waals surface area contributed by atoms with Gasteiger partial charge in [0.2, 0.25) is 0 Å². The molecule has 0 aromatic heterocycles. The van der Waals surface area contributed by atoms with Gasteiger partial charge in [0.15, 0.2) is 0 Å². The predicted octanol–water partition coefficient (Wildman–Crippen LogP) is 0.478. The number of ether oxygens (including phenoxy) is 1. The number of aliphatic hydroxyl groups is 2. The van der Waals surface area contributed by atoms with Crippen molar-refractivity contribution in [3.8, 4) is 0 Å². The molecule has 1 saturated heterocycles. The standard InChI is InChI=1S/C12H25NO3/c1-3-16-11-5-4-6-13(7-11)8-12(2,9-14)10-15/h11,14-15H,3-10H2,1-2H3. The summed E-state index contributed by atoms with van der Waals surface area (Å²) in [5.74, 6) is 0. The van der Waals surface area contributed by atoms with E-state index >= 15 is 0 Å². The molecule has 0 radical (unpaired) electrons. The van der Waals surface area contributed by atoms with E-state index in [0.29, 0.717) is 6.10 Å². The minimum Gasteiger partial charge on any atom is -0.396 e. The SMILES string of the molecule is CCOC1CCCN(CC(C)(CO)CO)C1. The summed E-state index contributed by atoms with van der Waals surface area (Å²) in [6.45, 7) is 7.45. The van der Waals surface area contributed by atoms with E-state index in [1.54, 1.807) is 0 Å². The van der Waals surface area contributed by atoms with Gasteiger partial charge in [0.1, 0.15) is 0 Å². The second-order valence-electron chi connectivity index (χ2n) is 5.08. The molecule has 16 heavy (non-hydrogen) atoms. The van der Waals surface area contributed by atoms with Crippen LogP contribution in [0.15, 0.2) is 0 Å². The molecular weight excluding hydrogens is 206 g/mol. The first-order chi connectivity index (χ1) is 7.63. The molecule has 1 unspecified atom stereocenters. The molecule has 2 N–H and O–H groups in total. The van der Waals surface area contributed by atoms with Gasteiger partial charge in [-0.2, -0.15) is 0 Å². The molecule has 1 atom stereocenters. The molecule has 1 aliphatic rings. The van der Waals surface area contributed by atoms with Crippen LogP contribution in [0.5, 0.6) is 0 Å². The number of hydrogen-bond donors (Lipinski definition) is 2. The lowest BCUT2D eigenvalue weighted by molar-refractivity contribution is -0.0232. The van der Waals surface area contributed by atoms with E-state index in [1.807, 2.05) is 13.8 Å². The smallest absolute Gasteiger partial charge is 0.0702 e. The second kappa shape index (κ2) is 6.55. The maximum Gasteiger partial charge on any atom is 0.0702 e. The molecule has 1 rings (SSSR count). The van der Waals surface area contributed by atoms with E-state index in [0.717, 1.165) is 39.1 Å². The van der Waals surface area contributed by atoms with E-state index in [-0.39, 0.29) is 13.2 Å². The number of nitrogens with zero attached hydrogens (tertiary/aromatic N) is 1. The van der Waals surface area contributed by atoms with Crippen LogP contribution in [-0.2, 0) is 4.74 Å². The van der Waals surface area contributed by atoms with Gasteiger partial charge in [-0.25, -0.2) is 0 Å². The first-order valence-electron chi connectivity index (χ1n) is 6.19. The molecule has 0 spiro atoms. The van der Waals surface area contributed by atoms with Crippen LogP contribution in [0.1, 0.15) is 26.7 Å². The van der Waals surface area contributed by atoms with Crippen LogP contribution in [0.4, 0.5) is 0 Å². The largest absolute Gasteiger partial charge is 0.396 e. The van der Waals surface area contributed by atoms with Crippen molar-refractivity contribution in [1.29, 1.82) is 0 Å². The maximum atomic E-state index is 9.27. The first-order valence-corrected chi connectivity index (χ1v) is 6.19. The van der Waals surface area contributed by atoms with Gasteiger partial charge in [-0.15, -0.1) is 0 Å². The van der Waals surface area contributed by atoms with Crippen molar-refractivity contribution in [3.05, 3.63) is 0 Å². The summed E-state index contributed by atoms with van der Waals surface area (Å²) in [5.41, 5.74) is -0.395. The summed E-state index contributed by atoms with van der Waals surface area (Å²) in [7, 11) is 0. The van der Waals surface area contributed by atoms with Crippen molar-refractivity contribution >= 4 is 0 Å². The van der Waals surface area contributed by atoms with Crippen LogP contribution in [0, 0.1) is 5.41 Å². The molecule has 0 aromatic carbocycles. The van der Waals surface area contributed by atoms with Crippen LogP contribution in [0.3, 0.4) is 0 Å². The van der Waals surface area contributed by atoms with E-state index in [1.165, 1.54) is 0 Å². The van der Waals surface area contributed by atoms with Gasteiger partial charge in [-0.3, -0.25) is 0 Å². The van der Waals surface area contributed by atoms with Crippen molar-refractivity contribution in [2.24, 2.45) is 5.41 Å². The van der Waals surface area contributed by atoms with Gasteiger partial charge in [0.25, 0.3) is 0 Å². The Hall–Kier alpha value is -0.160. The van der Waals surface area contributed by atoms with Crippen LogP contribution in [-0.4, -0.2) is 60.7 Å². The summed E-state index contributed by atoms with van der Waals surface area (Å²) in [4.78, 5) is 2.29. The summed E-state index contributed by atoms with van der Waals surface area (Å²) < 4.78 is 5.63. The lowest BCUT2D eigenvalue weighted by Crippen LogP contribution is -2.47. The van der Waals surface area contributed by atoms with Gasteiger partial charge in [-0.1, -0.05) is 6.92 Å². The van der Waals surface area contributed by atoms with Crippen molar-refractivity contribution < 1.29 is 14.9 Å². The number of likely N-dealkylation sites (tertiary alicyclic amines) is 1. The zero-order chi connectivity index (χ0) is 12.0. The van der Waals surface area contributed by atoms with Crippen LogP contribution in [0.2, 0.25) is 0 Å². The van der Waals surface area contributed by atoms with E-state index in [2.05, 4.69) is 4.90 Å². The van der Waals surface area contributed by atoms with E-state index < -0.39 is 5.41 Å². The quantitative estimate of drug-likeness (QED) is 0.698. The average Bonchev–Trinajstić information content (AvgIpc) is 2.30. The minimum atomic E-state index is -0.395. The molecule has 0 amide bonds.